The maximum atomic E-state index is 12.3. The first kappa shape index (κ1) is 18.1. The van der Waals surface area contributed by atoms with Crippen molar-refractivity contribution in [1.29, 1.82) is 0 Å². The lowest BCUT2D eigenvalue weighted by Crippen LogP contribution is -2.48. The average molecular weight is 357 g/mol. The fraction of sp³-hybridized carbons (Fsp3) is 0.421. The number of aromatic nitrogens is 1. The van der Waals surface area contributed by atoms with Crippen molar-refractivity contribution in [2.75, 3.05) is 19.6 Å². The van der Waals surface area contributed by atoms with Gasteiger partial charge in [0.1, 0.15) is 0 Å². The van der Waals surface area contributed by atoms with E-state index in [1.165, 1.54) is 0 Å². The number of hydrogen-bond acceptors (Lipinski definition) is 5. The van der Waals surface area contributed by atoms with Crippen LogP contribution in [0.3, 0.4) is 0 Å². The van der Waals surface area contributed by atoms with Crippen LogP contribution in [0.4, 0.5) is 0 Å². The molecule has 2 heterocycles. The molecule has 1 saturated heterocycles. The van der Waals surface area contributed by atoms with Crippen LogP contribution < -0.4 is 5.32 Å². The normalized spacial score (nSPS) is 20.0. The van der Waals surface area contributed by atoms with Crippen molar-refractivity contribution in [3.63, 3.8) is 0 Å². The predicted octanol–water partition coefficient (Wildman–Crippen LogP) is 2.10. The standard InChI is InChI=1S/C19H23N3O4/c1-13-11-22(12-14(2)25-13)18(23)8-9-20-19(24)16-10-17(26-21-16)15-6-4-3-5-7-15/h3-7,10,13-14H,8-9,11-12H2,1-2H3,(H,20,24)/t13-,14+. The summed E-state index contributed by atoms with van der Waals surface area (Å²) in [7, 11) is 0. The number of nitrogens with one attached hydrogen (secondary N) is 1. The van der Waals surface area contributed by atoms with Gasteiger partial charge in [-0.05, 0) is 13.8 Å². The van der Waals surface area contributed by atoms with Crippen LogP contribution in [0, 0.1) is 0 Å². The van der Waals surface area contributed by atoms with Crippen molar-refractivity contribution < 1.29 is 18.8 Å². The Kier molecular flexibility index (Phi) is 5.68. The van der Waals surface area contributed by atoms with Gasteiger partial charge in [0.25, 0.3) is 5.91 Å². The second kappa shape index (κ2) is 8.14. The Balaban J connectivity index is 1.48. The molecule has 7 nitrogen and oxygen atoms in total. The number of benzene rings is 1. The lowest BCUT2D eigenvalue weighted by Gasteiger charge is -2.35. The number of ether oxygens (including phenoxy) is 1. The van der Waals surface area contributed by atoms with E-state index in [0.29, 0.717) is 18.8 Å². The van der Waals surface area contributed by atoms with Gasteiger partial charge in [-0.25, -0.2) is 0 Å². The maximum absolute atomic E-state index is 12.3. The number of carbonyl (C=O) groups is 2. The third kappa shape index (κ3) is 4.49. The van der Waals surface area contributed by atoms with E-state index in [0.717, 1.165) is 5.56 Å². The molecule has 0 unspecified atom stereocenters. The van der Waals surface area contributed by atoms with Crippen LogP contribution >= 0.6 is 0 Å². The quantitative estimate of drug-likeness (QED) is 0.886. The number of nitrogens with zero attached hydrogens (tertiary/aromatic N) is 2. The summed E-state index contributed by atoms with van der Waals surface area (Å²) in [6.45, 7) is 5.33. The Morgan fingerprint density at radius 3 is 2.58 bits per heavy atom. The van der Waals surface area contributed by atoms with Gasteiger partial charge in [0.05, 0.1) is 12.2 Å². The smallest absolute Gasteiger partial charge is 0.273 e. The molecule has 1 aliphatic heterocycles. The van der Waals surface area contributed by atoms with E-state index in [2.05, 4.69) is 10.5 Å². The molecule has 7 heteroatoms. The average Bonchev–Trinajstić information content (AvgIpc) is 3.11. The van der Waals surface area contributed by atoms with Gasteiger partial charge in [0, 0.05) is 37.7 Å². The van der Waals surface area contributed by atoms with Crippen LogP contribution in [0.5, 0.6) is 0 Å². The van der Waals surface area contributed by atoms with Crippen LogP contribution in [-0.4, -0.2) is 53.7 Å². The maximum Gasteiger partial charge on any atom is 0.273 e. The Morgan fingerprint density at radius 2 is 1.88 bits per heavy atom. The van der Waals surface area contributed by atoms with Gasteiger partial charge in [-0.2, -0.15) is 0 Å². The molecule has 138 valence electrons. The third-order valence-corrected chi connectivity index (χ3v) is 4.20. The number of amides is 2. The molecule has 0 bridgehead atoms. The van der Waals surface area contributed by atoms with Gasteiger partial charge in [-0.3, -0.25) is 9.59 Å². The van der Waals surface area contributed by atoms with E-state index in [-0.39, 0.29) is 42.7 Å². The van der Waals surface area contributed by atoms with Gasteiger partial charge in [0.2, 0.25) is 5.91 Å². The summed E-state index contributed by atoms with van der Waals surface area (Å²) in [5.74, 6) is 0.188. The first-order valence-electron chi connectivity index (χ1n) is 8.76. The first-order chi connectivity index (χ1) is 12.5. The summed E-state index contributed by atoms with van der Waals surface area (Å²) in [5.41, 5.74) is 1.05. The molecule has 0 radical (unpaired) electrons. The van der Waals surface area contributed by atoms with E-state index < -0.39 is 0 Å². The molecular formula is C19H23N3O4. The number of morpholine rings is 1. The molecule has 0 aliphatic carbocycles. The third-order valence-electron chi connectivity index (χ3n) is 4.20. The Morgan fingerprint density at radius 1 is 1.19 bits per heavy atom. The van der Waals surface area contributed by atoms with Crippen LogP contribution in [0.1, 0.15) is 30.8 Å². The molecule has 1 fully saturated rings. The van der Waals surface area contributed by atoms with Crippen LogP contribution in [0.25, 0.3) is 11.3 Å². The molecule has 1 N–H and O–H groups in total. The molecule has 2 atom stereocenters. The first-order valence-corrected chi connectivity index (χ1v) is 8.76. The summed E-state index contributed by atoms with van der Waals surface area (Å²) >= 11 is 0. The van der Waals surface area contributed by atoms with E-state index in [4.69, 9.17) is 9.26 Å². The molecule has 2 aromatic rings. The molecule has 0 saturated carbocycles. The molecule has 26 heavy (non-hydrogen) atoms. The Bertz CT molecular complexity index is 749. The lowest BCUT2D eigenvalue weighted by molar-refractivity contribution is -0.143. The largest absolute Gasteiger partial charge is 0.372 e. The summed E-state index contributed by atoms with van der Waals surface area (Å²) in [6, 6.07) is 11.0. The highest BCUT2D eigenvalue weighted by molar-refractivity contribution is 5.93. The topological polar surface area (TPSA) is 84.7 Å². The molecular weight excluding hydrogens is 334 g/mol. The minimum absolute atomic E-state index is 0.0115. The van der Waals surface area contributed by atoms with Gasteiger partial charge < -0.3 is 19.5 Å². The van der Waals surface area contributed by atoms with Crippen molar-refractivity contribution in [2.24, 2.45) is 0 Å². The van der Waals surface area contributed by atoms with Crippen LogP contribution in [0.15, 0.2) is 40.9 Å². The zero-order chi connectivity index (χ0) is 18.5. The summed E-state index contributed by atoms with van der Waals surface area (Å²) in [5, 5.41) is 6.52. The molecule has 1 aromatic heterocycles. The van der Waals surface area contributed by atoms with Crippen molar-refractivity contribution >= 4 is 11.8 Å². The Labute approximate surface area is 152 Å². The zero-order valence-electron chi connectivity index (χ0n) is 15.0. The van der Waals surface area contributed by atoms with Gasteiger partial charge in [-0.15, -0.1) is 0 Å². The van der Waals surface area contributed by atoms with Gasteiger partial charge >= 0.3 is 0 Å². The fourth-order valence-corrected chi connectivity index (χ4v) is 3.03. The highest BCUT2D eigenvalue weighted by atomic mass is 16.5. The fourth-order valence-electron chi connectivity index (χ4n) is 3.03. The molecule has 1 aliphatic rings. The highest BCUT2D eigenvalue weighted by Gasteiger charge is 2.25. The zero-order valence-corrected chi connectivity index (χ0v) is 15.0. The molecule has 1 aromatic carbocycles. The summed E-state index contributed by atoms with van der Waals surface area (Å²) in [6.07, 6.45) is 0.307. The minimum Gasteiger partial charge on any atom is -0.372 e. The second-order valence-corrected chi connectivity index (χ2v) is 6.50. The lowest BCUT2D eigenvalue weighted by atomic mass is 10.1. The van der Waals surface area contributed by atoms with Gasteiger partial charge in [0.15, 0.2) is 11.5 Å². The summed E-state index contributed by atoms with van der Waals surface area (Å²) < 4.78 is 10.8. The Hall–Kier alpha value is -2.67. The van der Waals surface area contributed by atoms with E-state index in [1.807, 2.05) is 44.2 Å². The predicted molar refractivity (Wildman–Crippen MR) is 95.5 cm³/mol. The van der Waals surface area contributed by atoms with Crippen molar-refractivity contribution in [3.8, 4) is 11.3 Å². The van der Waals surface area contributed by atoms with E-state index in [9.17, 15) is 9.59 Å². The van der Waals surface area contributed by atoms with Crippen molar-refractivity contribution in [2.45, 2.75) is 32.5 Å². The summed E-state index contributed by atoms with van der Waals surface area (Å²) in [4.78, 5) is 26.2. The molecule has 0 spiro atoms. The SMILES string of the molecule is C[C@@H]1CN(C(=O)CCNC(=O)c2cc(-c3ccccc3)on2)C[C@H](C)O1. The number of carbonyl (C=O) groups excluding carboxylic acids is 2. The molecule has 2 amide bonds. The van der Waals surface area contributed by atoms with Crippen molar-refractivity contribution in [1.82, 2.24) is 15.4 Å². The van der Waals surface area contributed by atoms with E-state index >= 15 is 0 Å². The number of rotatable bonds is 5. The highest BCUT2D eigenvalue weighted by Crippen LogP contribution is 2.19. The van der Waals surface area contributed by atoms with Crippen LogP contribution in [-0.2, 0) is 9.53 Å². The number of hydrogen-bond donors (Lipinski definition) is 1. The molecule has 3 rings (SSSR count). The van der Waals surface area contributed by atoms with Crippen LogP contribution in [0.2, 0.25) is 0 Å². The minimum atomic E-state index is -0.354. The van der Waals surface area contributed by atoms with Gasteiger partial charge in [-0.1, -0.05) is 35.5 Å². The van der Waals surface area contributed by atoms with Crippen molar-refractivity contribution in [3.05, 3.63) is 42.1 Å². The second-order valence-electron chi connectivity index (χ2n) is 6.50. The monoisotopic (exact) mass is 357 g/mol. The van der Waals surface area contributed by atoms with E-state index in [1.54, 1.807) is 11.0 Å².